The maximum absolute atomic E-state index is 12.5. The van der Waals surface area contributed by atoms with Crippen LogP contribution in [0.1, 0.15) is 16.2 Å². The van der Waals surface area contributed by atoms with E-state index in [0.717, 1.165) is 16.4 Å². The lowest BCUT2D eigenvalue weighted by atomic mass is 10.2. The summed E-state index contributed by atoms with van der Waals surface area (Å²) in [6.07, 6.45) is 0. The van der Waals surface area contributed by atoms with Gasteiger partial charge in [0.15, 0.2) is 11.5 Å². The summed E-state index contributed by atoms with van der Waals surface area (Å²) in [5.41, 5.74) is 3.13. The minimum Gasteiger partial charge on any atom is -0.493 e. The van der Waals surface area contributed by atoms with Crippen molar-refractivity contribution in [2.24, 2.45) is 7.05 Å². The number of nitrogens with zero attached hydrogens (tertiary/aromatic N) is 2. The van der Waals surface area contributed by atoms with Crippen molar-refractivity contribution in [1.82, 2.24) is 9.55 Å². The largest absolute Gasteiger partial charge is 0.493 e. The Labute approximate surface area is 150 Å². The number of methoxy groups -OCH3 is 2. The molecule has 0 atom stereocenters. The predicted octanol–water partition coefficient (Wildman–Crippen LogP) is 3.73. The highest BCUT2D eigenvalue weighted by Crippen LogP contribution is 2.30. The van der Waals surface area contributed by atoms with Gasteiger partial charge in [0.1, 0.15) is 10.7 Å². The van der Waals surface area contributed by atoms with Gasteiger partial charge >= 0.3 is 0 Å². The number of hydrogen-bond acceptors (Lipinski definition) is 5. The molecular weight excluding hydrogens is 338 g/mol. The molecule has 130 valence electrons. The van der Waals surface area contributed by atoms with Crippen molar-refractivity contribution in [3.8, 4) is 22.2 Å². The molecular formula is C18H19N3O3S. The number of carbonyl (C=O) groups excluding carboxylic acids is 1. The monoisotopic (exact) mass is 357 g/mol. The van der Waals surface area contributed by atoms with Crippen molar-refractivity contribution in [1.29, 1.82) is 0 Å². The van der Waals surface area contributed by atoms with E-state index in [0.29, 0.717) is 22.9 Å². The lowest BCUT2D eigenvalue weighted by molar-refractivity contribution is 0.102. The van der Waals surface area contributed by atoms with Crippen molar-refractivity contribution < 1.29 is 14.3 Å². The predicted molar refractivity (Wildman–Crippen MR) is 98.8 cm³/mol. The molecule has 0 unspecified atom stereocenters. The number of benzene rings is 1. The highest BCUT2D eigenvalue weighted by Gasteiger charge is 2.15. The van der Waals surface area contributed by atoms with Crippen molar-refractivity contribution in [3.63, 3.8) is 0 Å². The maximum Gasteiger partial charge on any atom is 0.275 e. The zero-order valence-corrected chi connectivity index (χ0v) is 15.3. The summed E-state index contributed by atoms with van der Waals surface area (Å²) < 4.78 is 12.5. The maximum atomic E-state index is 12.5. The Kier molecular flexibility index (Phi) is 4.76. The molecule has 0 spiro atoms. The number of nitrogens with one attached hydrogen (secondary N) is 1. The topological polar surface area (TPSA) is 65.4 Å². The molecule has 0 bridgehead atoms. The quantitative estimate of drug-likeness (QED) is 0.756. The number of aromatic nitrogens is 2. The molecule has 0 aliphatic carbocycles. The normalized spacial score (nSPS) is 10.6. The number of rotatable bonds is 5. The molecule has 7 heteroatoms. The molecule has 0 fully saturated rings. The van der Waals surface area contributed by atoms with Gasteiger partial charge in [0.25, 0.3) is 5.91 Å². The summed E-state index contributed by atoms with van der Waals surface area (Å²) in [6, 6.07) is 9.25. The fourth-order valence-corrected chi connectivity index (χ4v) is 3.29. The summed E-state index contributed by atoms with van der Waals surface area (Å²) >= 11 is 1.45. The van der Waals surface area contributed by atoms with Crippen LogP contribution in [0.5, 0.6) is 11.5 Å². The van der Waals surface area contributed by atoms with Gasteiger partial charge in [-0.1, -0.05) is 0 Å². The second-order valence-electron chi connectivity index (χ2n) is 5.48. The van der Waals surface area contributed by atoms with Gasteiger partial charge in [-0.05, 0) is 31.2 Å². The Morgan fingerprint density at radius 1 is 1.16 bits per heavy atom. The Morgan fingerprint density at radius 3 is 2.56 bits per heavy atom. The summed E-state index contributed by atoms with van der Waals surface area (Å²) in [6.45, 7) is 2.03. The number of hydrogen-bond donors (Lipinski definition) is 1. The number of anilines is 1. The van der Waals surface area contributed by atoms with E-state index < -0.39 is 0 Å². The molecule has 2 aromatic heterocycles. The van der Waals surface area contributed by atoms with E-state index in [9.17, 15) is 4.79 Å². The average Bonchev–Trinajstić information content (AvgIpc) is 3.22. The number of thiazole rings is 1. The first-order valence-electron chi connectivity index (χ1n) is 7.65. The molecule has 0 saturated heterocycles. The third-order valence-corrected chi connectivity index (χ3v) is 4.83. The standard InChI is InChI=1S/C18H19N3O3S/c1-11-5-7-14(21(11)2)18-20-13(10-25-18)17(22)19-12-6-8-15(23-3)16(9-12)24-4/h5-10H,1-4H3,(H,19,22). The van der Waals surface area contributed by atoms with Gasteiger partial charge in [0.2, 0.25) is 0 Å². The van der Waals surface area contributed by atoms with Gasteiger partial charge in [-0.15, -0.1) is 11.3 Å². The second-order valence-corrected chi connectivity index (χ2v) is 6.34. The van der Waals surface area contributed by atoms with Crippen LogP contribution >= 0.6 is 11.3 Å². The second kappa shape index (κ2) is 6.98. The molecule has 0 aliphatic rings. The summed E-state index contributed by atoms with van der Waals surface area (Å²) in [7, 11) is 5.10. The molecule has 2 heterocycles. The van der Waals surface area contributed by atoms with Crippen LogP contribution in [0.15, 0.2) is 35.7 Å². The van der Waals surface area contributed by atoms with E-state index in [1.165, 1.54) is 11.3 Å². The third kappa shape index (κ3) is 3.36. The minimum atomic E-state index is -0.263. The first-order chi connectivity index (χ1) is 12.0. The molecule has 0 saturated carbocycles. The Balaban J connectivity index is 1.79. The van der Waals surface area contributed by atoms with Crippen LogP contribution in [-0.4, -0.2) is 29.7 Å². The van der Waals surface area contributed by atoms with Crippen LogP contribution < -0.4 is 14.8 Å². The number of ether oxygens (including phenoxy) is 2. The van der Waals surface area contributed by atoms with E-state index in [4.69, 9.17) is 9.47 Å². The molecule has 6 nitrogen and oxygen atoms in total. The zero-order chi connectivity index (χ0) is 18.0. The van der Waals surface area contributed by atoms with E-state index in [-0.39, 0.29) is 5.91 Å². The Hall–Kier alpha value is -2.80. The molecule has 3 rings (SSSR count). The van der Waals surface area contributed by atoms with Crippen LogP contribution in [0, 0.1) is 6.92 Å². The summed E-state index contributed by atoms with van der Waals surface area (Å²) in [5, 5.41) is 5.40. The fraction of sp³-hybridized carbons (Fsp3) is 0.222. The first-order valence-corrected chi connectivity index (χ1v) is 8.53. The molecule has 0 aliphatic heterocycles. The molecule has 3 aromatic rings. The number of carbonyl (C=O) groups is 1. The lowest BCUT2D eigenvalue weighted by Crippen LogP contribution is -2.12. The minimum absolute atomic E-state index is 0.263. The molecule has 1 aromatic carbocycles. The third-order valence-electron chi connectivity index (χ3n) is 3.97. The van der Waals surface area contributed by atoms with Crippen molar-refractivity contribution in [2.45, 2.75) is 6.92 Å². The van der Waals surface area contributed by atoms with Crippen LogP contribution in [0.25, 0.3) is 10.7 Å². The van der Waals surface area contributed by atoms with Crippen LogP contribution in [0.3, 0.4) is 0 Å². The van der Waals surface area contributed by atoms with Crippen molar-refractivity contribution in [3.05, 3.63) is 47.1 Å². The van der Waals surface area contributed by atoms with E-state index in [2.05, 4.69) is 14.9 Å². The first kappa shape index (κ1) is 17.0. The van der Waals surface area contributed by atoms with Gasteiger partial charge in [-0.3, -0.25) is 4.79 Å². The summed E-state index contributed by atoms with van der Waals surface area (Å²) in [5.74, 6) is 0.898. The molecule has 1 amide bonds. The molecule has 1 N–H and O–H groups in total. The van der Waals surface area contributed by atoms with Crippen molar-refractivity contribution in [2.75, 3.05) is 19.5 Å². The Bertz CT molecular complexity index is 914. The van der Waals surface area contributed by atoms with Crippen LogP contribution in [0.4, 0.5) is 5.69 Å². The Morgan fingerprint density at radius 2 is 1.92 bits per heavy atom. The molecule has 0 radical (unpaired) electrons. The average molecular weight is 357 g/mol. The van der Waals surface area contributed by atoms with Gasteiger partial charge < -0.3 is 19.4 Å². The zero-order valence-electron chi connectivity index (χ0n) is 14.5. The van der Waals surface area contributed by atoms with E-state index in [1.54, 1.807) is 37.8 Å². The van der Waals surface area contributed by atoms with Gasteiger partial charge in [0.05, 0.1) is 19.9 Å². The van der Waals surface area contributed by atoms with Crippen LogP contribution in [0.2, 0.25) is 0 Å². The fourth-order valence-electron chi connectivity index (χ4n) is 2.43. The lowest BCUT2D eigenvalue weighted by Gasteiger charge is -2.10. The van der Waals surface area contributed by atoms with Gasteiger partial charge in [-0.2, -0.15) is 0 Å². The highest BCUT2D eigenvalue weighted by atomic mass is 32.1. The van der Waals surface area contributed by atoms with E-state index >= 15 is 0 Å². The highest BCUT2D eigenvalue weighted by molar-refractivity contribution is 7.13. The van der Waals surface area contributed by atoms with Crippen molar-refractivity contribution >= 4 is 22.9 Å². The van der Waals surface area contributed by atoms with Crippen LogP contribution in [-0.2, 0) is 7.05 Å². The van der Waals surface area contributed by atoms with Gasteiger partial charge in [-0.25, -0.2) is 4.98 Å². The smallest absolute Gasteiger partial charge is 0.275 e. The SMILES string of the molecule is COc1ccc(NC(=O)c2csc(-c3ccc(C)n3C)n2)cc1OC. The number of aryl methyl sites for hydroxylation is 1. The van der Waals surface area contributed by atoms with E-state index in [1.807, 2.05) is 26.1 Å². The summed E-state index contributed by atoms with van der Waals surface area (Å²) in [4.78, 5) is 16.9. The van der Waals surface area contributed by atoms with Gasteiger partial charge in [0, 0.05) is 29.9 Å². The molecule has 25 heavy (non-hydrogen) atoms. The number of amides is 1.